The van der Waals surface area contributed by atoms with Crippen molar-refractivity contribution in [3.05, 3.63) is 94.7 Å². The Morgan fingerprint density at radius 2 is 1.94 bits per heavy atom. The smallest absolute Gasteiger partial charge is 0.322 e. The Hall–Kier alpha value is -3.58. The zero-order chi connectivity index (χ0) is 23.9. The predicted octanol–water partition coefficient (Wildman–Crippen LogP) is 5.34. The maximum atomic E-state index is 13.6. The van der Waals surface area contributed by atoms with Gasteiger partial charge in [0.25, 0.3) is 0 Å². The molecule has 2 aromatic carbocycles. The molecule has 3 amide bonds. The summed E-state index contributed by atoms with van der Waals surface area (Å²) in [6.07, 6.45) is 2.45. The monoisotopic (exact) mass is 475 g/mol. The lowest BCUT2D eigenvalue weighted by atomic mass is 9.93. The standard InChI is InChI=1S/C27H29N3O3S/c1-3-16-29(27(32)28-22-12-8-9-13-23(22)33-4-2)19-25(31)30-17-14-24-21(15-18-34-24)26(30)20-10-6-5-7-11-20/h3,5-13,15,18,26H,1,4,14,16-17,19H2,2H3,(H,28,32). The largest absolute Gasteiger partial charge is 0.492 e. The van der Waals surface area contributed by atoms with E-state index in [1.54, 1.807) is 29.5 Å². The summed E-state index contributed by atoms with van der Waals surface area (Å²) < 4.78 is 5.61. The van der Waals surface area contributed by atoms with Crippen LogP contribution in [0.5, 0.6) is 5.75 Å². The van der Waals surface area contributed by atoms with Crippen LogP contribution in [0.2, 0.25) is 0 Å². The van der Waals surface area contributed by atoms with Crippen molar-refractivity contribution in [2.45, 2.75) is 19.4 Å². The van der Waals surface area contributed by atoms with Crippen LogP contribution >= 0.6 is 11.3 Å². The van der Waals surface area contributed by atoms with Gasteiger partial charge in [0.2, 0.25) is 5.91 Å². The summed E-state index contributed by atoms with van der Waals surface area (Å²) in [6.45, 7) is 6.97. The number of thiophene rings is 1. The molecular formula is C27H29N3O3S. The molecule has 0 aliphatic carbocycles. The maximum Gasteiger partial charge on any atom is 0.322 e. The second kappa shape index (κ2) is 11.0. The molecule has 1 atom stereocenters. The van der Waals surface area contributed by atoms with Gasteiger partial charge in [0.05, 0.1) is 18.3 Å². The fraction of sp³-hybridized carbons (Fsp3) is 0.259. The summed E-state index contributed by atoms with van der Waals surface area (Å²) in [5, 5.41) is 4.97. The number of para-hydroxylation sites is 2. The van der Waals surface area contributed by atoms with Crippen LogP contribution in [0.1, 0.15) is 29.0 Å². The van der Waals surface area contributed by atoms with Crippen molar-refractivity contribution in [1.29, 1.82) is 0 Å². The minimum atomic E-state index is -0.370. The topological polar surface area (TPSA) is 61.9 Å². The Kier molecular flexibility index (Phi) is 7.65. The van der Waals surface area contributed by atoms with Gasteiger partial charge in [-0.3, -0.25) is 4.79 Å². The number of ether oxygens (including phenoxy) is 1. The lowest BCUT2D eigenvalue weighted by Gasteiger charge is -2.37. The van der Waals surface area contributed by atoms with Crippen molar-refractivity contribution < 1.29 is 14.3 Å². The summed E-state index contributed by atoms with van der Waals surface area (Å²) in [4.78, 5) is 31.4. The van der Waals surface area contributed by atoms with Gasteiger partial charge in [-0.1, -0.05) is 48.5 Å². The van der Waals surface area contributed by atoms with E-state index in [9.17, 15) is 9.59 Å². The van der Waals surface area contributed by atoms with Crippen molar-refractivity contribution in [2.75, 3.05) is 31.6 Å². The molecule has 6 nitrogen and oxygen atoms in total. The molecule has 1 unspecified atom stereocenters. The van der Waals surface area contributed by atoms with Gasteiger partial charge in [-0.2, -0.15) is 0 Å². The first kappa shape index (κ1) is 23.6. The number of hydrogen-bond acceptors (Lipinski definition) is 4. The first-order valence-corrected chi connectivity index (χ1v) is 12.3. The lowest BCUT2D eigenvalue weighted by Crippen LogP contribution is -2.47. The van der Waals surface area contributed by atoms with Crippen LogP contribution in [0.15, 0.2) is 78.7 Å². The quantitative estimate of drug-likeness (QED) is 0.447. The minimum absolute atomic E-state index is 0.0442. The zero-order valence-electron chi connectivity index (χ0n) is 19.3. The number of urea groups is 1. The number of carbonyl (C=O) groups excluding carboxylic acids is 2. The van der Waals surface area contributed by atoms with Gasteiger partial charge in [-0.25, -0.2) is 4.79 Å². The van der Waals surface area contributed by atoms with E-state index in [2.05, 4.69) is 35.5 Å². The third kappa shape index (κ3) is 5.15. The summed E-state index contributed by atoms with van der Waals surface area (Å²) in [5.41, 5.74) is 2.81. The van der Waals surface area contributed by atoms with Gasteiger partial charge < -0.3 is 19.9 Å². The number of nitrogens with zero attached hydrogens (tertiary/aromatic N) is 2. The third-order valence-corrected chi connectivity index (χ3v) is 6.79. The fourth-order valence-electron chi connectivity index (χ4n) is 4.25. The average Bonchev–Trinajstić information content (AvgIpc) is 3.34. The van der Waals surface area contributed by atoms with E-state index < -0.39 is 0 Å². The molecule has 1 aliphatic heterocycles. The molecule has 2 heterocycles. The SMILES string of the molecule is C=CCN(CC(=O)N1CCc2sccc2C1c1ccccc1)C(=O)Nc1ccccc1OCC. The molecule has 176 valence electrons. The number of anilines is 1. The number of rotatable bonds is 8. The predicted molar refractivity (Wildman–Crippen MR) is 136 cm³/mol. The van der Waals surface area contributed by atoms with Gasteiger partial charge in [0.1, 0.15) is 12.3 Å². The highest BCUT2D eigenvalue weighted by molar-refractivity contribution is 7.10. The molecule has 1 aromatic heterocycles. The summed E-state index contributed by atoms with van der Waals surface area (Å²) in [5.74, 6) is 0.495. The van der Waals surface area contributed by atoms with E-state index in [-0.39, 0.29) is 31.1 Å². The summed E-state index contributed by atoms with van der Waals surface area (Å²) in [7, 11) is 0. The highest BCUT2D eigenvalue weighted by atomic mass is 32.1. The molecule has 1 N–H and O–H groups in total. The Morgan fingerprint density at radius 3 is 2.71 bits per heavy atom. The molecule has 0 saturated heterocycles. The molecule has 0 radical (unpaired) electrons. The Bertz CT molecular complexity index is 1140. The molecule has 34 heavy (non-hydrogen) atoms. The molecular weight excluding hydrogens is 446 g/mol. The molecule has 3 aromatic rings. The second-order valence-corrected chi connectivity index (χ2v) is 8.98. The normalized spacial score (nSPS) is 14.7. The molecule has 4 rings (SSSR count). The zero-order valence-corrected chi connectivity index (χ0v) is 20.1. The molecule has 0 bridgehead atoms. The third-order valence-electron chi connectivity index (χ3n) is 5.79. The first-order chi connectivity index (χ1) is 16.6. The van der Waals surface area contributed by atoms with E-state index in [0.717, 1.165) is 12.0 Å². The van der Waals surface area contributed by atoms with Crippen molar-refractivity contribution >= 4 is 29.0 Å². The highest BCUT2D eigenvalue weighted by Crippen LogP contribution is 2.37. The van der Waals surface area contributed by atoms with Gasteiger partial charge in [-0.15, -0.1) is 17.9 Å². The molecule has 7 heteroatoms. The number of benzene rings is 2. The second-order valence-electron chi connectivity index (χ2n) is 7.98. The van der Waals surface area contributed by atoms with E-state index in [0.29, 0.717) is 24.6 Å². The number of hydrogen-bond donors (Lipinski definition) is 1. The minimum Gasteiger partial charge on any atom is -0.492 e. The first-order valence-electron chi connectivity index (χ1n) is 11.4. The lowest BCUT2D eigenvalue weighted by molar-refractivity contribution is -0.133. The number of amides is 3. The molecule has 1 aliphatic rings. The molecule has 0 spiro atoms. The highest BCUT2D eigenvalue weighted by Gasteiger charge is 2.33. The maximum absolute atomic E-state index is 13.6. The van der Waals surface area contributed by atoms with Crippen molar-refractivity contribution in [3.63, 3.8) is 0 Å². The van der Waals surface area contributed by atoms with Crippen LogP contribution in [0.4, 0.5) is 10.5 Å². The Balaban J connectivity index is 1.54. The van der Waals surface area contributed by atoms with E-state index >= 15 is 0 Å². The van der Waals surface area contributed by atoms with Gasteiger partial charge in [0, 0.05) is 18.0 Å². The Labute approximate surface area is 204 Å². The number of carbonyl (C=O) groups is 2. The number of nitrogens with one attached hydrogen (secondary N) is 1. The van der Waals surface area contributed by atoms with Crippen LogP contribution in [-0.4, -0.2) is 48.0 Å². The fourth-order valence-corrected chi connectivity index (χ4v) is 5.16. The van der Waals surface area contributed by atoms with Crippen LogP contribution in [0, 0.1) is 0 Å². The summed E-state index contributed by atoms with van der Waals surface area (Å²) in [6, 6.07) is 18.9. The van der Waals surface area contributed by atoms with E-state index in [1.807, 2.05) is 42.2 Å². The van der Waals surface area contributed by atoms with Crippen LogP contribution in [-0.2, 0) is 11.2 Å². The van der Waals surface area contributed by atoms with Crippen LogP contribution in [0.3, 0.4) is 0 Å². The van der Waals surface area contributed by atoms with Crippen LogP contribution < -0.4 is 10.1 Å². The van der Waals surface area contributed by atoms with Crippen LogP contribution in [0.25, 0.3) is 0 Å². The van der Waals surface area contributed by atoms with Crippen molar-refractivity contribution in [1.82, 2.24) is 9.80 Å². The van der Waals surface area contributed by atoms with Crippen molar-refractivity contribution in [2.24, 2.45) is 0 Å². The van der Waals surface area contributed by atoms with E-state index in [4.69, 9.17) is 4.74 Å². The number of fused-ring (bicyclic) bond motifs is 1. The van der Waals surface area contributed by atoms with Gasteiger partial charge in [0.15, 0.2) is 0 Å². The summed E-state index contributed by atoms with van der Waals surface area (Å²) >= 11 is 1.73. The van der Waals surface area contributed by atoms with E-state index in [1.165, 1.54) is 15.3 Å². The average molecular weight is 476 g/mol. The van der Waals surface area contributed by atoms with Crippen molar-refractivity contribution in [3.8, 4) is 5.75 Å². The van der Waals surface area contributed by atoms with Gasteiger partial charge >= 0.3 is 6.03 Å². The molecule has 0 saturated carbocycles. The Morgan fingerprint density at radius 1 is 1.18 bits per heavy atom. The molecule has 0 fully saturated rings. The van der Waals surface area contributed by atoms with Gasteiger partial charge in [-0.05, 0) is 48.1 Å².